The fourth-order valence-corrected chi connectivity index (χ4v) is 5.82. The Kier molecular flexibility index (Phi) is 3.75. The van der Waals surface area contributed by atoms with Crippen LogP contribution in [0.25, 0.3) is 0 Å². The van der Waals surface area contributed by atoms with Gasteiger partial charge in [-0.1, -0.05) is 0 Å². The van der Waals surface area contributed by atoms with Crippen molar-refractivity contribution in [1.29, 1.82) is 0 Å². The highest BCUT2D eigenvalue weighted by Gasteiger charge is 2.60. The maximum atomic E-state index is 12.6. The first-order valence-corrected chi connectivity index (χ1v) is 8.64. The number of carbonyl (C=O) groups excluding carboxylic acids is 2. The Balaban J connectivity index is 1.62. The number of hydrogen-bond donors (Lipinski definition) is 1. The average molecular weight is 328 g/mol. The van der Waals surface area contributed by atoms with E-state index in [-0.39, 0.29) is 28.9 Å². The summed E-state index contributed by atoms with van der Waals surface area (Å²) in [5.74, 6) is 0.645. The van der Waals surface area contributed by atoms with Crippen LogP contribution in [0, 0.1) is 17.3 Å². The normalized spacial score (nSPS) is 39.6. The summed E-state index contributed by atoms with van der Waals surface area (Å²) in [7, 11) is 0. The summed E-state index contributed by atoms with van der Waals surface area (Å²) in [5, 5.41) is 2.81. The number of carbonyl (C=O) groups is 2. The second-order valence-corrected chi connectivity index (χ2v) is 9.57. The predicted octanol–water partition coefficient (Wildman–Crippen LogP) is 3.02. The summed E-state index contributed by atoms with van der Waals surface area (Å²) in [6, 6.07) is 0. The van der Waals surface area contributed by atoms with Crippen LogP contribution in [0.2, 0.25) is 0 Å². The number of hydrogen-bond acceptors (Lipinski definition) is 3. The van der Waals surface area contributed by atoms with Gasteiger partial charge in [0.25, 0.3) is 5.91 Å². The summed E-state index contributed by atoms with van der Waals surface area (Å²) in [6.45, 7) is 5.53. The molecule has 1 N–H and O–H groups in total. The van der Waals surface area contributed by atoms with Gasteiger partial charge in [0.2, 0.25) is 0 Å². The van der Waals surface area contributed by atoms with Crippen molar-refractivity contribution in [3.8, 4) is 0 Å². The minimum absolute atomic E-state index is 0.192. The van der Waals surface area contributed by atoms with Gasteiger partial charge in [-0.25, -0.2) is 0 Å². The average Bonchev–Trinajstić information content (AvgIpc) is 2.30. The maximum absolute atomic E-state index is 12.6. The Morgan fingerprint density at radius 2 is 1.77 bits per heavy atom. The lowest BCUT2D eigenvalue weighted by Crippen LogP contribution is -2.56. The lowest BCUT2D eigenvalue weighted by Gasteiger charge is -2.58. The number of rotatable bonds is 3. The first-order valence-electron chi connectivity index (χ1n) is 8.26. The van der Waals surface area contributed by atoms with Gasteiger partial charge in [0.1, 0.15) is 0 Å². The highest BCUT2D eigenvalue weighted by Crippen LogP contribution is 2.64. The van der Waals surface area contributed by atoms with Crippen LogP contribution in [0.4, 0.5) is 0 Å². The number of esters is 1. The van der Waals surface area contributed by atoms with Gasteiger partial charge in [-0.2, -0.15) is 0 Å². The molecular weight excluding hydrogens is 302 g/mol. The lowest BCUT2D eigenvalue weighted by molar-refractivity contribution is -0.172. The van der Waals surface area contributed by atoms with Crippen LogP contribution in [0.3, 0.4) is 0 Å². The highest BCUT2D eigenvalue weighted by atomic mass is 35.5. The van der Waals surface area contributed by atoms with Crippen LogP contribution in [-0.2, 0) is 14.3 Å². The predicted molar refractivity (Wildman–Crippen MR) is 84.6 cm³/mol. The van der Waals surface area contributed by atoms with Crippen LogP contribution in [0.15, 0.2) is 0 Å². The molecule has 4 bridgehead atoms. The van der Waals surface area contributed by atoms with E-state index in [0.717, 1.165) is 25.7 Å². The number of alkyl halides is 1. The SMILES string of the molecule is CC(C)(C)NC(=O)COC(=O)C12C[C@@H]3C[C@@H](CC(Cl)(C3)C1)C2. The number of ether oxygens (including phenoxy) is 1. The Labute approximate surface area is 137 Å². The zero-order valence-corrected chi connectivity index (χ0v) is 14.5. The Hall–Kier alpha value is -0.770. The molecule has 4 atom stereocenters. The highest BCUT2D eigenvalue weighted by molar-refractivity contribution is 6.24. The summed E-state index contributed by atoms with van der Waals surface area (Å²) >= 11 is 6.73. The van der Waals surface area contributed by atoms with Crippen LogP contribution in [0.1, 0.15) is 59.3 Å². The first kappa shape index (κ1) is 16.1. The summed E-state index contributed by atoms with van der Waals surface area (Å²) in [4.78, 5) is 24.3. The zero-order valence-electron chi connectivity index (χ0n) is 13.7. The molecule has 0 spiro atoms. The second-order valence-electron chi connectivity index (χ2n) is 8.77. The van der Waals surface area contributed by atoms with Crippen molar-refractivity contribution in [1.82, 2.24) is 5.32 Å². The minimum Gasteiger partial charge on any atom is -0.455 e. The number of nitrogens with one attached hydrogen (secondary N) is 1. The molecule has 0 radical (unpaired) electrons. The summed E-state index contributed by atoms with van der Waals surface area (Å²) < 4.78 is 5.37. The molecule has 0 aromatic rings. The van der Waals surface area contributed by atoms with Crippen molar-refractivity contribution in [3.05, 3.63) is 0 Å². The van der Waals surface area contributed by atoms with Crippen molar-refractivity contribution in [2.45, 2.75) is 69.7 Å². The second kappa shape index (κ2) is 5.12. The molecule has 22 heavy (non-hydrogen) atoms. The van der Waals surface area contributed by atoms with E-state index in [4.69, 9.17) is 16.3 Å². The molecule has 0 aromatic heterocycles. The monoisotopic (exact) mass is 327 g/mol. The van der Waals surface area contributed by atoms with E-state index in [1.165, 1.54) is 6.42 Å². The van der Waals surface area contributed by atoms with Crippen LogP contribution in [-0.4, -0.2) is 28.9 Å². The molecule has 4 rings (SSSR count). The van der Waals surface area contributed by atoms with Crippen molar-refractivity contribution < 1.29 is 14.3 Å². The van der Waals surface area contributed by atoms with E-state index in [2.05, 4.69) is 5.32 Å². The van der Waals surface area contributed by atoms with E-state index < -0.39 is 5.41 Å². The number of halogens is 1. The molecule has 4 aliphatic carbocycles. The molecule has 1 amide bonds. The van der Waals surface area contributed by atoms with Crippen LogP contribution >= 0.6 is 11.6 Å². The van der Waals surface area contributed by atoms with E-state index in [1.807, 2.05) is 20.8 Å². The molecule has 124 valence electrons. The minimum atomic E-state index is -0.437. The number of amides is 1. The van der Waals surface area contributed by atoms with Gasteiger partial charge >= 0.3 is 5.97 Å². The van der Waals surface area contributed by atoms with Gasteiger partial charge in [-0.15, -0.1) is 11.6 Å². The van der Waals surface area contributed by atoms with Gasteiger partial charge in [-0.3, -0.25) is 9.59 Å². The fourth-order valence-electron chi connectivity index (χ4n) is 5.13. The molecule has 0 heterocycles. The molecule has 0 saturated heterocycles. The Bertz CT molecular complexity index is 483. The quantitative estimate of drug-likeness (QED) is 0.640. The molecular formula is C17H26ClNO3. The third kappa shape index (κ3) is 3.12. The first-order chi connectivity index (χ1) is 10.1. The maximum Gasteiger partial charge on any atom is 0.312 e. The fraction of sp³-hybridized carbons (Fsp3) is 0.882. The third-order valence-corrected chi connectivity index (χ3v) is 5.71. The molecule has 2 unspecified atom stereocenters. The van der Waals surface area contributed by atoms with Gasteiger partial charge in [0, 0.05) is 10.4 Å². The molecule has 4 nitrogen and oxygen atoms in total. The van der Waals surface area contributed by atoms with Gasteiger partial charge in [0.05, 0.1) is 5.41 Å². The smallest absolute Gasteiger partial charge is 0.312 e. The largest absolute Gasteiger partial charge is 0.455 e. The van der Waals surface area contributed by atoms with Crippen LogP contribution < -0.4 is 5.32 Å². The van der Waals surface area contributed by atoms with Crippen molar-refractivity contribution >= 4 is 23.5 Å². The molecule has 0 aliphatic heterocycles. The van der Waals surface area contributed by atoms with E-state index in [9.17, 15) is 9.59 Å². The summed E-state index contributed by atoms with van der Waals surface area (Å²) in [5.41, 5.74) is -0.752. The van der Waals surface area contributed by atoms with Gasteiger partial charge in [0.15, 0.2) is 6.61 Å². The Morgan fingerprint density at radius 1 is 1.18 bits per heavy atom. The Morgan fingerprint density at radius 3 is 2.27 bits per heavy atom. The molecule has 5 heteroatoms. The standard InChI is InChI=1S/C17H26ClNO3/c1-15(2,3)19-13(20)9-22-14(21)16-5-11-4-12(6-16)8-17(18,7-11)10-16/h11-12H,4-10H2,1-3H3,(H,19,20)/t11-,12+,16?,17?. The topological polar surface area (TPSA) is 55.4 Å². The van der Waals surface area contributed by atoms with Gasteiger partial charge < -0.3 is 10.1 Å². The third-order valence-electron chi connectivity index (χ3n) is 5.27. The lowest BCUT2D eigenvalue weighted by atomic mass is 9.49. The van der Waals surface area contributed by atoms with E-state index in [0.29, 0.717) is 18.3 Å². The van der Waals surface area contributed by atoms with Crippen molar-refractivity contribution in [3.63, 3.8) is 0 Å². The van der Waals surface area contributed by atoms with Gasteiger partial charge in [-0.05, 0) is 71.1 Å². The van der Waals surface area contributed by atoms with Crippen molar-refractivity contribution in [2.24, 2.45) is 17.3 Å². The molecule has 4 fully saturated rings. The van der Waals surface area contributed by atoms with E-state index in [1.54, 1.807) is 0 Å². The molecule has 0 aromatic carbocycles. The van der Waals surface area contributed by atoms with Crippen molar-refractivity contribution in [2.75, 3.05) is 6.61 Å². The van der Waals surface area contributed by atoms with E-state index >= 15 is 0 Å². The molecule has 4 saturated carbocycles. The summed E-state index contributed by atoms with van der Waals surface area (Å²) in [6.07, 6.45) is 5.76. The van der Waals surface area contributed by atoms with Crippen LogP contribution in [0.5, 0.6) is 0 Å². The zero-order chi connectivity index (χ0) is 16.2. The molecule has 4 aliphatic rings.